The van der Waals surface area contributed by atoms with Gasteiger partial charge in [0.15, 0.2) is 0 Å². The van der Waals surface area contributed by atoms with Gasteiger partial charge in [-0.15, -0.1) is 0 Å². The second-order valence-corrected chi connectivity index (χ2v) is 6.28. The van der Waals surface area contributed by atoms with E-state index in [1.165, 1.54) is 0 Å². The summed E-state index contributed by atoms with van der Waals surface area (Å²) < 4.78 is 17.1. The van der Waals surface area contributed by atoms with E-state index in [0.717, 1.165) is 11.0 Å². The zero-order chi connectivity index (χ0) is 14.3. The van der Waals surface area contributed by atoms with Crippen LogP contribution in [0.15, 0.2) is 18.2 Å². The molecule has 3 nitrogen and oxygen atoms in total. The van der Waals surface area contributed by atoms with Crippen molar-refractivity contribution in [3.63, 3.8) is 0 Å². The summed E-state index contributed by atoms with van der Waals surface area (Å²) in [6.07, 6.45) is 0. The number of benzene rings is 1. The molecule has 0 saturated carbocycles. The molecule has 1 aromatic carbocycles. The van der Waals surface area contributed by atoms with Crippen molar-refractivity contribution in [2.75, 3.05) is 7.11 Å². The third kappa shape index (κ3) is 2.82. The van der Waals surface area contributed by atoms with E-state index in [-0.39, 0.29) is 18.3 Å². The minimum Gasteiger partial charge on any atom is -0.399 e. The predicted molar refractivity (Wildman–Crippen MR) is 77.9 cm³/mol. The molecule has 1 fully saturated rings. The third-order valence-corrected chi connectivity index (χ3v) is 4.25. The number of methoxy groups -OCH3 is 1. The number of ether oxygens (including phenoxy) is 1. The van der Waals surface area contributed by atoms with E-state index in [0.29, 0.717) is 11.6 Å². The van der Waals surface area contributed by atoms with E-state index >= 15 is 0 Å². The Morgan fingerprint density at radius 2 is 1.74 bits per heavy atom. The highest BCUT2D eigenvalue weighted by atomic mass is 35.5. The quantitative estimate of drug-likeness (QED) is 0.798. The van der Waals surface area contributed by atoms with Crippen LogP contribution in [0, 0.1) is 0 Å². The lowest BCUT2D eigenvalue weighted by atomic mass is 9.79. The molecule has 1 heterocycles. The summed E-state index contributed by atoms with van der Waals surface area (Å²) >= 11 is 6.24. The molecule has 0 unspecified atom stereocenters. The molecular formula is C14H20BClO3. The Hall–Kier alpha value is -0.545. The van der Waals surface area contributed by atoms with E-state index in [4.69, 9.17) is 25.6 Å². The van der Waals surface area contributed by atoms with Gasteiger partial charge in [-0.1, -0.05) is 23.7 Å². The summed E-state index contributed by atoms with van der Waals surface area (Å²) in [6.45, 7) is 8.64. The van der Waals surface area contributed by atoms with E-state index in [1.807, 2.05) is 45.9 Å². The highest BCUT2D eigenvalue weighted by Crippen LogP contribution is 2.36. The molecule has 19 heavy (non-hydrogen) atoms. The van der Waals surface area contributed by atoms with E-state index in [2.05, 4.69) is 0 Å². The van der Waals surface area contributed by atoms with Gasteiger partial charge in [-0.05, 0) is 44.8 Å². The maximum absolute atomic E-state index is 6.24. The summed E-state index contributed by atoms with van der Waals surface area (Å²) in [6, 6.07) is 5.81. The van der Waals surface area contributed by atoms with Crippen molar-refractivity contribution in [3.8, 4) is 0 Å². The molecule has 104 valence electrons. The number of hydrogen-bond donors (Lipinski definition) is 0. The van der Waals surface area contributed by atoms with Crippen molar-refractivity contribution in [1.82, 2.24) is 0 Å². The Balaban J connectivity index is 2.23. The van der Waals surface area contributed by atoms with Gasteiger partial charge < -0.3 is 14.0 Å². The standard InChI is InChI=1S/C14H20BClO3/c1-13(2)14(3,4)19-15(18-13)11-7-6-10(9-17-5)12(16)8-11/h6-8H,9H2,1-5H3. The van der Waals surface area contributed by atoms with E-state index in [9.17, 15) is 0 Å². The lowest BCUT2D eigenvalue weighted by molar-refractivity contribution is 0.00578. The molecule has 0 aliphatic carbocycles. The van der Waals surface area contributed by atoms with Gasteiger partial charge in [0.2, 0.25) is 0 Å². The Morgan fingerprint density at radius 3 is 2.21 bits per heavy atom. The zero-order valence-corrected chi connectivity index (χ0v) is 12.9. The number of hydrogen-bond acceptors (Lipinski definition) is 3. The fraction of sp³-hybridized carbons (Fsp3) is 0.571. The minimum absolute atomic E-state index is 0.338. The van der Waals surface area contributed by atoms with Crippen LogP contribution >= 0.6 is 11.6 Å². The largest absolute Gasteiger partial charge is 0.494 e. The maximum atomic E-state index is 6.24. The molecule has 0 N–H and O–H groups in total. The number of rotatable bonds is 3. The van der Waals surface area contributed by atoms with Crippen molar-refractivity contribution < 1.29 is 14.0 Å². The molecule has 1 saturated heterocycles. The Kier molecular flexibility index (Phi) is 3.98. The van der Waals surface area contributed by atoms with Gasteiger partial charge in [0.25, 0.3) is 0 Å². The van der Waals surface area contributed by atoms with Crippen LogP contribution in [-0.2, 0) is 20.7 Å². The fourth-order valence-electron chi connectivity index (χ4n) is 1.96. The molecule has 2 rings (SSSR count). The van der Waals surface area contributed by atoms with Gasteiger partial charge in [0, 0.05) is 12.1 Å². The predicted octanol–water partition coefficient (Wildman–Crippen LogP) is 2.79. The molecule has 0 amide bonds. The second kappa shape index (κ2) is 5.10. The molecule has 0 aromatic heterocycles. The summed E-state index contributed by atoms with van der Waals surface area (Å²) in [5.41, 5.74) is 1.22. The lowest BCUT2D eigenvalue weighted by Crippen LogP contribution is -2.41. The summed E-state index contributed by atoms with van der Waals surface area (Å²) in [7, 11) is 1.28. The molecule has 0 atom stereocenters. The van der Waals surface area contributed by atoms with Gasteiger partial charge in [-0.3, -0.25) is 0 Å². The summed E-state index contributed by atoms with van der Waals surface area (Å²) in [5.74, 6) is 0. The first kappa shape index (κ1) is 14.9. The molecule has 0 bridgehead atoms. The van der Waals surface area contributed by atoms with E-state index in [1.54, 1.807) is 7.11 Å². The Bertz CT molecular complexity index is 458. The first-order chi connectivity index (χ1) is 8.77. The van der Waals surface area contributed by atoms with Crippen LogP contribution in [-0.4, -0.2) is 25.4 Å². The topological polar surface area (TPSA) is 27.7 Å². The van der Waals surface area contributed by atoms with Crippen molar-refractivity contribution >= 4 is 24.2 Å². The molecule has 0 radical (unpaired) electrons. The summed E-state index contributed by atoms with van der Waals surface area (Å²) in [5, 5.41) is 0.675. The van der Waals surface area contributed by atoms with E-state index < -0.39 is 0 Å². The smallest absolute Gasteiger partial charge is 0.399 e. The van der Waals surface area contributed by atoms with Crippen LogP contribution in [0.4, 0.5) is 0 Å². The second-order valence-electron chi connectivity index (χ2n) is 5.87. The van der Waals surface area contributed by atoms with Crippen molar-refractivity contribution in [2.45, 2.75) is 45.5 Å². The SMILES string of the molecule is COCc1ccc(B2OC(C)(C)C(C)(C)O2)cc1Cl. The fourth-order valence-corrected chi connectivity index (χ4v) is 2.21. The molecule has 1 aromatic rings. The minimum atomic E-state index is -0.376. The monoisotopic (exact) mass is 282 g/mol. The molecule has 1 aliphatic rings. The summed E-state index contributed by atoms with van der Waals surface area (Å²) in [4.78, 5) is 0. The molecule has 0 spiro atoms. The third-order valence-electron chi connectivity index (χ3n) is 3.90. The van der Waals surface area contributed by atoms with Crippen molar-refractivity contribution in [2.24, 2.45) is 0 Å². The van der Waals surface area contributed by atoms with Crippen LogP contribution in [0.25, 0.3) is 0 Å². The first-order valence-corrected chi connectivity index (χ1v) is 6.77. The molecule has 1 aliphatic heterocycles. The normalized spacial score (nSPS) is 20.8. The first-order valence-electron chi connectivity index (χ1n) is 6.40. The van der Waals surface area contributed by atoms with Gasteiger partial charge >= 0.3 is 7.12 Å². The highest BCUT2D eigenvalue weighted by molar-refractivity contribution is 6.62. The Morgan fingerprint density at radius 1 is 1.16 bits per heavy atom. The molecular weight excluding hydrogens is 262 g/mol. The van der Waals surface area contributed by atoms with Crippen LogP contribution in [0.5, 0.6) is 0 Å². The average molecular weight is 283 g/mol. The van der Waals surface area contributed by atoms with Crippen LogP contribution in [0.1, 0.15) is 33.3 Å². The number of halogens is 1. The van der Waals surface area contributed by atoms with Gasteiger partial charge in [0.05, 0.1) is 17.8 Å². The van der Waals surface area contributed by atoms with Crippen LogP contribution in [0.3, 0.4) is 0 Å². The van der Waals surface area contributed by atoms with Crippen molar-refractivity contribution in [3.05, 3.63) is 28.8 Å². The Labute approximate surface area is 120 Å². The average Bonchev–Trinajstić information content (AvgIpc) is 2.51. The maximum Gasteiger partial charge on any atom is 0.494 e. The zero-order valence-electron chi connectivity index (χ0n) is 12.1. The lowest BCUT2D eigenvalue weighted by Gasteiger charge is -2.32. The van der Waals surface area contributed by atoms with Crippen molar-refractivity contribution in [1.29, 1.82) is 0 Å². The van der Waals surface area contributed by atoms with Crippen LogP contribution in [0.2, 0.25) is 5.02 Å². The van der Waals surface area contributed by atoms with Gasteiger partial charge in [0.1, 0.15) is 0 Å². The van der Waals surface area contributed by atoms with Gasteiger partial charge in [-0.25, -0.2) is 0 Å². The van der Waals surface area contributed by atoms with Gasteiger partial charge in [-0.2, -0.15) is 0 Å². The van der Waals surface area contributed by atoms with Crippen LogP contribution < -0.4 is 5.46 Å². The highest BCUT2D eigenvalue weighted by Gasteiger charge is 2.51. The molecule has 5 heteroatoms.